The minimum atomic E-state index is 0.530. The Balaban J connectivity index is 3.02. The summed E-state index contributed by atoms with van der Waals surface area (Å²) in [4.78, 5) is 5.77. The molecule has 11 heavy (non-hydrogen) atoms. The van der Waals surface area contributed by atoms with Gasteiger partial charge in [-0.1, -0.05) is 13.8 Å². The first-order valence-corrected chi connectivity index (χ1v) is 5.17. The van der Waals surface area contributed by atoms with Crippen LogP contribution in [-0.4, -0.2) is 4.98 Å². The van der Waals surface area contributed by atoms with Crippen LogP contribution in [-0.2, 0) is 5.75 Å². The van der Waals surface area contributed by atoms with Crippen LogP contribution in [0, 0.1) is 6.92 Å². The van der Waals surface area contributed by atoms with Gasteiger partial charge in [0.2, 0.25) is 0 Å². The van der Waals surface area contributed by atoms with Crippen molar-refractivity contribution in [3.8, 4) is 0 Å². The molecule has 0 aliphatic carbocycles. The number of thiazole rings is 1. The third-order valence-electron chi connectivity index (χ3n) is 1.52. The predicted molar refractivity (Wildman–Crippen MR) is 53.6 cm³/mol. The quantitative estimate of drug-likeness (QED) is 0.702. The average Bonchev–Trinajstić information content (AvgIpc) is 2.30. The topological polar surface area (TPSA) is 12.9 Å². The van der Waals surface area contributed by atoms with E-state index in [-0.39, 0.29) is 0 Å². The molecule has 0 spiro atoms. The van der Waals surface area contributed by atoms with Gasteiger partial charge in [0.25, 0.3) is 0 Å². The van der Waals surface area contributed by atoms with Gasteiger partial charge in [0.15, 0.2) is 0 Å². The maximum atomic E-state index is 4.45. The molecule has 0 aromatic carbocycles. The second-order valence-corrected chi connectivity index (χ2v) is 4.46. The third-order valence-corrected chi connectivity index (χ3v) is 3.04. The lowest BCUT2D eigenvalue weighted by Gasteiger charge is -2.01. The summed E-state index contributed by atoms with van der Waals surface area (Å²) in [5, 5.41) is 1.15. The standard InChI is InChI=1S/C8H13NS2/c1-5(2)8-7(4-10)11-6(3)9-8/h5,10H,4H2,1-3H3. The minimum absolute atomic E-state index is 0.530. The molecule has 0 saturated carbocycles. The molecule has 0 amide bonds. The number of aromatic nitrogens is 1. The molecule has 62 valence electrons. The summed E-state index contributed by atoms with van der Waals surface area (Å²) in [5.74, 6) is 1.35. The molecule has 0 radical (unpaired) electrons. The number of thiol groups is 1. The van der Waals surface area contributed by atoms with Crippen molar-refractivity contribution in [1.29, 1.82) is 0 Å². The van der Waals surface area contributed by atoms with Crippen LogP contribution in [0.15, 0.2) is 0 Å². The molecule has 0 fully saturated rings. The Morgan fingerprint density at radius 3 is 2.55 bits per heavy atom. The van der Waals surface area contributed by atoms with Gasteiger partial charge >= 0.3 is 0 Å². The number of hydrogen-bond donors (Lipinski definition) is 1. The summed E-state index contributed by atoms with van der Waals surface area (Å²) in [6, 6.07) is 0. The fourth-order valence-electron chi connectivity index (χ4n) is 1.05. The molecule has 1 aromatic heterocycles. The van der Waals surface area contributed by atoms with E-state index in [0.717, 1.165) is 10.8 Å². The van der Waals surface area contributed by atoms with E-state index in [0.29, 0.717) is 5.92 Å². The van der Waals surface area contributed by atoms with E-state index in [1.165, 1.54) is 10.6 Å². The molecule has 0 unspecified atom stereocenters. The highest BCUT2D eigenvalue weighted by Crippen LogP contribution is 2.25. The Morgan fingerprint density at radius 2 is 2.18 bits per heavy atom. The molecular weight excluding hydrogens is 174 g/mol. The smallest absolute Gasteiger partial charge is 0.0900 e. The first-order valence-electron chi connectivity index (χ1n) is 3.72. The lowest BCUT2D eigenvalue weighted by Crippen LogP contribution is -1.91. The minimum Gasteiger partial charge on any atom is -0.246 e. The van der Waals surface area contributed by atoms with Crippen molar-refractivity contribution in [1.82, 2.24) is 4.98 Å². The van der Waals surface area contributed by atoms with Crippen LogP contribution in [0.25, 0.3) is 0 Å². The maximum Gasteiger partial charge on any atom is 0.0900 e. The summed E-state index contributed by atoms with van der Waals surface area (Å²) in [7, 11) is 0. The number of aryl methyl sites for hydroxylation is 1. The average molecular weight is 187 g/mol. The highest BCUT2D eigenvalue weighted by molar-refractivity contribution is 7.79. The van der Waals surface area contributed by atoms with Crippen molar-refractivity contribution in [3.05, 3.63) is 15.6 Å². The molecule has 0 atom stereocenters. The van der Waals surface area contributed by atoms with Crippen molar-refractivity contribution in [2.24, 2.45) is 0 Å². The van der Waals surface area contributed by atoms with Gasteiger partial charge in [-0.3, -0.25) is 0 Å². The highest BCUT2D eigenvalue weighted by Gasteiger charge is 2.10. The van der Waals surface area contributed by atoms with E-state index >= 15 is 0 Å². The Morgan fingerprint density at radius 1 is 1.55 bits per heavy atom. The van der Waals surface area contributed by atoms with Crippen LogP contribution < -0.4 is 0 Å². The van der Waals surface area contributed by atoms with Crippen LogP contribution in [0.4, 0.5) is 0 Å². The van der Waals surface area contributed by atoms with Crippen LogP contribution in [0.3, 0.4) is 0 Å². The van der Waals surface area contributed by atoms with E-state index in [2.05, 4.69) is 31.5 Å². The predicted octanol–water partition coefficient (Wildman–Crippen LogP) is 3.00. The van der Waals surface area contributed by atoms with Gasteiger partial charge in [-0.15, -0.1) is 11.3 Å². The summed E-state index contributed by atoms with van der Waals surface area (Å²) in [5.41, 5.74) is 1.22. The van der Waals surface area contributed by atoms with Crippen molar-refractivity contribution < 1.29 is 0 Å². The maximum absolute atomic E-state index is 4.45. The lowest BCUT2D eigenvalue weighted by atomic mass is 10.1. The molecule has 1 heterocycles. The molecular formula is C8H13NS2. The van der Waals surface area contributed by atoms with Crippen LogP contribution >= 0.6 is 24.0 Å². The molecule has 0 bridgehead atoms. The monoisotopic (exact) mass is 187 g/mol. The van der Waals surface area contributed by atoms with Gasteiger partial charge < -0.3 is 0 Å². The van der Waals surface area contributed by atoms with E-state index in [9.17, 15) is 0 Å². The zero-order valence-corrected chi connectivity index (χ0v) is 8.80. The van der Waals surface area contributed by atoms with Crippen molar-refractivity contribution in [2.45, 2.75) is 32.4 Å². The van der Waals surface area contributed by atoms with Crippen molar-refractivity contribution in [2.75, 3.05) is 0 Å². The Hall–Kier alpha value is -0.0200. The zero-order chi connectivity index (χ0) is 8.43. The van der Waals surface area contributed by atoms with Gasteiger partial charge in [0.1, 0.15) is 0 Å². The molecule has 0 aliphatic rings. The van der Waals surface area contributed by atoms with Gasteiger partial charge in [-0.05, 0) is 12.8 Å². The third kappa shape index (κ3) is 1.97. The molecule has 1 aromatic rings. The molecule has 0 N–H and O–H groups in total. The highest BCUT2D eigenvalue weighted by atomic mass is 32.1. The van der Waals surface area contributed by atoms with Gasteiger partial charge in [-0.2, -0.15) is 12.6 Å². The summed E-state index contributed by atoms with van der Waals surface area (Å²) >= 11 is 6.01. The molecule has 3 heteroatoms. The molecule has 1 nitrogen and oxygen atoms in total. The lowest BCUT2D eigenvalue weighted by molar-refractivity contribution is 0.819. The van der Waals surface area contributed by atoms with E-state index in [1.807, 2.05) is 6.92 Å². The second kappa shape index (κ2) is 3.59. The van der Waals surface area contributed by atoms with Gasteiger partial charge in [0, 0.05) is 10.6 Å². The van der Waals surface area contributed by atoms with Crippen LogP contribution in [0.2, 0.25) is 0 Å². The number of rotatable bonds is 2. The van der Waals surface area contributed by atoms with Crippen molar-refractivity contribution >= 4 is 24.0 Å². The fourth-order valence-corrected chi connectivity index (χ4v) is 2.36. The van der Waals surface area contributed by atoms with Gasteiger partial charge in [-0.25, -0.2) is 4.98 Å². The Bertz CT molecular complexity index is 240. The fraction of sp³-hybridized carbons (Fsp3) is 0.625. The van der Waals surface area contributed by atoms with Gasteiger partial charge in [0.05, 0.1) is 10.7 Å². The summed E-state index contributed by atoms with van der Waals surface area (Å²) in [6.07, 6.45) is 0. The normalized spacial score (nSPS) is 11.0. The largest absolute Gasteiger partial charge is 0.246 e. The zero-order valence-electron chi connectivity index (χ0n) is 7.09. The van der Waals surface area contributed by atoms with E-state index < -0.39 is 0 Å². The first-order chi connectivity index (χ1) is 5.15. The molecule has 0 saturated heterocycles. The van der Waals surface area contributed by atoms with Crippen molar-refractivity contribution in [3.63, 3.8) is 0 Å². The molecule has 0 aliphatic heterocycles. The SMILES string of the molecule is Cc1nc(C(C)C)c(CS)s1. The van der Waals surface area contributed by atoms with Crippen LogP contribution in [0.1, 0.15) is 35.3 Å². The molecule has 1 rings (SSSR count). The second-order valence-electron chi connectivity index (χ2n) is 2.85. The Labute approximate surface area is 77.3 Å². The summed E-state index contributed by atoms with van der Waals surface area (Å²) in [6.45, 7) is 6.38. The van der Waals surface area contributed by atoms with E-state index in [4.69, 9.17) is 0 Å². The Kier molecular flexibility index (Phi) is 2.96. The van der Waals surface area contributed by atoms with E-state index in [1.54, 1.807) is 11.3 Å². The first kappa shape index (κ1) is 9.07. The number of nitrogens with zero attached hydrogens (tertiary/aromatic N) is 1. The summed E-state index contributed by atoms with van der Waals surface area (Å²) < 4.78 is 0. The van der Waals surface area contributed by atoms with Crippen LogP contribution in [0.5, 0.6) is 0 Å². The number of hydrogen-bond acceptors (Lipinski definition) is 3.